The normalized spacial score (nSPS) is 11.2. The van der Waals surface area contributed by atoms with Gasteiger partial charge >= 0.3 is 0 Å². The highest BCUT2D eigenvalue weighted by atomic mass is 15.4. The second kappa shape index (κ2) is 7.36. The lowest BCUT2D eigenvalue weighted by molar-refractivity contribution is 0.813. The summed E-state index contributed by atoms with van der Waals surface area (Å²) in [5, 5.41) is 9.95. The minimum Gasteiger partial charge on any atom is -0.352 e. The van der Waals surface area contributed by atoms with Crippen molar-refractivity contribution in [2.24, 2.45) is 0 Å². The van der Waals surface area contributed by atoms with Crippen molar-refractivity contribution in [1.82, 2.24) is 19.8 Å². The molecule has 0 spiro atoms. The number of fused-ring (bicyclic) bond motifs is 3. The Balaban J connectivity index is 1.73. The molecule has 0 aliphatic heterocycles. The second-order valence-corrected chi connectivity index (χ2v) is 6.99. The molecule has 0 saturated heterocycles. The Bertz CT molecular complexity index is 1260. The first-order valence-electron chi connectivity index (χ1n) is 9.83. The van der Waals surface area contributed by atoms with E-state index < -0.39 is 0 Å². The third-order valence-electron chi connectivity index (χ3n) is 5.18. The minimum absolute atomic E-state index is 0.774. The largest absolute Gasteiger partial charge is 0.352 e. The van der Waals surface area contributed by atoms with Crippen LogP contribution in [0.1, 0.15) is 12.5 Å². The van der Waals surface area contributed by atoms with Crippen LogP contribution >= 0.6 is 0 Å². The fraction of sp³-hybridized carbons (Fsp3) is 0.125. The standard InChI is InChI=1S/C24H21N5/c1-2-28(17-18-11-5-3-6-12-18)23-20-15-9-10-16-21(20)29-24(25-23)22(26-27-29)19-13-7-4-8-14-19/h3-16H,2,17H2,1H3. The van der Waals surface area contributed by atoms with E-state index >= 15 is 0 Å². The molecule has 0 bridgehead atoms. The lowest BCUT2D eigenvalue weighted by Gasteiger charge is -2.24. The van der Waals surface area contributed by atoms with Gasteiger partial charge in [-0.2, -0.15) is 4.52 Å². The molecule has 0 saturated carbocycles. The van der Waals surface area contributed by atoms with Crippen LogP contribution in [0, 0.1) is 0 Å². The molecule has 0 atom stereocenters. The molecule has 5 rings (SSSR count). The van der Waals surface area contributed by atoms with Gasteiger partial charge in [-0.05, 0) is 24.6 Å². The molecule has 0 amide bonds. The Hall–Kier alpha value is -3.73. The van der Waals surface area contributed by atoms with Crippen molar-refractivity contribution in [3.05, 3.63) is 90.5 Å². The van der Waals surface area contributed by atoms with Crippen LogP contribution in [0.4, 0.5) is 5.82 Å². The van der Waals surface area contributed by atoms with E-state index in [0.717, 1.165) is 46.7 Å². The highest BCUT2D eigenvalue weighted by Gasteiger charge is 2.18. The van der Waals surface area contributed by atoms with Gasteiger partial charge in [-0.15, -0.1) is 5.10 Å². The first-order chi connectivity index (χ1) is 14.3. The molecule has 0 fully saturated rings. The lowest BCUT2D eigenvalue weighted by atomic mass is 10.1. The number of hydrogen-bond acceptors (Lipinski definition) is 4. The van der Waals surface area contributed by atoms with Crippen LogP contribution in [-0.4, -0.2) is 26.4 Å². The van der Waals surface area contributed by atoms with Crippen LogP contribution < -0.4 is 4.90 Å². The zero-order valence-electron chi connectivity index (χ0n) is 16.2. The topological polar surface area (TPSA) is 46.3 Å². The zero-order valence-corrected chi connectivity index (χ0v) is 16.2. The van der Waals surface area contributed by atoms with Gasteiger partial charge < -0.3 is 4.90 Å². The van der Waals surface area contributed by atoms with Gasteiger partial charge in [-0.25, -0.2) is 4.98 Å². The Morgan fingerprint density at radius 3 is 2.28 bits per heavy atom. The molecule has 5 aromatic rings. The van der Waals surface area contributed by atoms with E-state index in [0.29, 0.717) is 0 Å². The van der Waals surface area contributed by atoms with E-state index in [4.69, 9.17) is 4.98 Å². The number of nitrogens with zero attached hydrogens (tertiary/aromatic N) is 5. The van der Waals surface area contributed by atoms with E-state index in [-0.39, 0.29) is 0 Å². The van der Waals surface area contributed by atoms with Crippen molar-refractivity contribution in [2.75, 3.05) is 11.4 Å². The van der Waals surface area contributed by atoms with Gasteiger partial charge in [0.15, 0.2) is 5.65 Å². The molecule has 0 unspecified atom stereocenters. The smallest absolute Gasteiger partial charge is 0.186 e. The van der Waals surface area contributed by atoms with Gasteiger partial charge in [0.1, 0.15) is 11.5 Å². The van der Waals surface area contributed by atoms with Crippen molar-refractivity contribution in [2.45, 2.75) is 13.5 Å². The van der Waals surface area contributed by atoms with Crippen LogP contribution in [-0.2, 0) is 6.54 Å². The van der Waals surface area contributed by atoms with Gasteiger partial charge in [-0.1, -0.05) is 78.0 Å². The maximum atomic E-state index is 5.07. The Kier molecular flexibility index (Phi) is 4.41. The number of anilines is 1. The fourth-order valence-corrected chi connectivity index (χ4v) is 3.71. The summed E-state index contributed by atoms with van der Waals surface area (Å²) in [6, 6.07) is 28.9. The Morgan fingerprint density at radius 2 is 1.52 bits per heavy atom. The van der Waals surface area contributed by atoms with Crippen molar-refractivity contribution < 1.29 is 0 Å². The van der Waals surface area contributed by atoms with Gasteiger partial charge in [-0.3, -0.25) is 0 Å². The highest BCUT2D eigenvalue weighted by Crippen LogP contribution is 2.30. The number of para-hydroxylation sites is 1. The molecular weight excluding hydrogens is 358 g/mol. The molecule has 0 N–H and O–H groups in total. The molecule has 0 aliphatic rings. The molecule has 0 aliphatic carbocycles. The molecule has 2 aromatic heterocycles. The van der Waals surface area contributed by atoms with Crippen LogP contribution in [0.5, 0.6) is 0 Å². The summed E-state index contributed by atoms with van der Waals surface area (Å²) in [4.78, 5) is 7.38. The summed E-state index contributed by atoms with van der Waals surface area (Å²) in [5.41, 5.74) is 4.86. The molecule has 3 aromatic carbocycles. The van der Waals surface area contributed by atoms with Crippen molar-refractivity contribution >= 4 is 22.4 Å². The first kappa shape index (κ1) is 17.4. The number of aromatic nitrogens is 4. The quantitative estimate of drug-likeness (QED) is 0.432. The number of hydrogen-bond donors (Lipinski definition) is 0. The lowest BCUT2D eigenvalue weighted by Crippen LogP contribution is -2.23. The van der Waals surface area contributed by atoms with E-state index in [1.807, 2.05) is 53.0 Å². The van der Waals surface area contributed by atoms with Crippen molar-refractivity contribution in [3.8, 4) is 11.3 Å². The van der Waals surface area contributed by atoms with Crippen molar-refractivity contribution in [3.63, 3.8) is 0 Å². The van der Waals surface area contributed by atoms with E-state index in [9.17, 15) is 0 Å². The van der Waals surface area contributed by atoms with Gasteiger partial charge in [0.2, 0.25) is 0 Å². The predicted molar refractivity (Wildman–Crippen MR) is 117 cm³/mol. The maximum absolute atomic E-state index is 5.07. The number of benzene rings is 3. The minimum atomic E-state index is 0.774. The average Bonchev–Trinajstić information content (AvgIpc) is 3.22. The van der Waals surface area contributed by atoms with Crippen LogP contribution in [0.3, 0.4) is 0 Å². The third-order valence-corrected chi connectivity index (χ3v) is 5.18. The highest BCUT2D eigenvalue weighted by molar-refractivity contribution is 5.93. The molecule has 2 heterocycles. The fourth-order valence-electron chi connectivity index (χ4n) is 3.71. The van der Waals surface area contributed by atoms with Gasteiger partial charge in [0.25, 0.3) is 0 Å². The van der Waals surface area contributed by atoms with Crippen molar-refractivity contribution in [1.29, 1.82) is 0 Å². The van der Waals surface area contributed by atoms with Crippen LogP contribution in [0.15, 0.2) is 84.9 Å². The van der Waals surface area contributed by atoms with Gasteiger partial charge in [0, 0.05) is 24.0 Å². The molecule has 5 nitrogen and oxygen atoms in total. The zero-order chi connectivity index (χ0) is 19.6. The van der Waals surface area contributed by atoms with Gasteiger partial charge in [0.05, 0.1) is 5.52 Å². The predicted octanol–water partition coefficient (Wildman–Crippen LogP) is 4.97. The Morgan fingerprint density at radius 1 is 0.828 bits per heavy atom. The third kappa shape index (κ3) is 3.10. The maximum Gasteiger partial charge on any atom is 0.186 e. The summed E-state index contributed by atoms with van der Waals surface area (Å²) in [5.74, 6) is 0.957. The summed E-state index contributed by atoms with van der Waals surface area (Å²) in [6.07, 6.45) is 0. The molecular formula is C24H21N5. The molecule has 29 heavy (non-hydrogen) atoms. The summed E-state index contributed by atoms with van der Waals surface area (Å²) in [6.45, 7) is 3.81. The van der Waals surface area contributed by atoms with Crippen LogP contribution in [0.25, 0.3) is 27.8 Å². The summed E-state index contributed by atoms with van der Waals surface area (Å²) >= 11 is 0. The number of rotatable bonds is 5. The summed E-state index contributed by atoms with van der Waals surface area (Å²) in [7, 11) is 0. The SMILES string of the molecule is CCN(Cc1ccccc1)c1nc2c(-c3ccccc3)nnn2c2ccccc12. The van der Waals surface area contributed by atoms with E-state index in [2.05, 4.69) is 58.5 Å². The van der Waals surface area contributed by atoms with Crippen LogP contribution in [0.2, 0.25) is 0 Å². The monoisotopic (exact) mass is 379 g/mol. The molecule has 0 radical (unpaired) electrons. The first-order valence-corrected chi connectivity index (χ1v) is 9.83. The second-order valence-electron chi connectivity index (χ2n) is 6.99. The molecule has 5 heteroatoms. The average molecular weight is 379 g/mol. The Labute approximate surface area is 169 Å². The summed E-state index contributed by atoms with van der Waals surface area (Å²) < 4.78 is 1.84. The van der Waals surface area contributed by atoms with E-state index in [1.165, 1.54) is 5.56 Å². The molecule has 142 valence electrons. The van der Waals surface area contributed by atoms with E-state index in [1.54, 1.807) is 0 Å².